The topological polar surface area (TPSA) is 0 Å². The van der Waals surface area contributed by atoms with Gasteiger partial charge in [0.1, 0.15) is 0 Å². The van der Waals surface area contributed by atoms with Crippen LogP contribution >= 0.6 is 0 Å². The van der Waals surface area contributed by atoms with Gasteiger partial charge < -0.3 is 0 Å². The molecule has 0 radical (unpaired) electrons. The predicted octanol–water partition coefficient (Wildman–Crippen LogP) is 7.18. The van der Waals surface area contributed by atoms with Crippen LogP contribution in [0.3, 0.4) is 0 Å². The van der Waals surface area contributed by atoms with Crippen molar-refractivity contribution < 1.29 is 0 Å². The summed E-state index contributed by atoms with van der Waals surface area (Å²) < 4.78 is 0. The molecule has 0 fully saturated rings. The Kier molecular flexibility index (Phi) is 6.48. The molecule has 0 N–H and O–H groups in total. The van der Waals surface area contributed by atoms with Gasteiger partial charge in [-0.25, -0.2) is 0 Å². The van der Waals surface area contributed by atoms with Crippen molar-refractivity contribution >= 4 is 0 Å². The van der Waals surface area contributed by atoms with E-state index < -0.39 is 0 Å². The van der Waals surface area contributed by atoms with Crippen molar-refractivity contribution in [3.05, 3.63) is 0 Å². The molecule has 0 atom stereocenters. The molecule has 0 saturated heterocycles. The normalized spacial score (nSPS) is 14.8. The highest BCUT2D eigenvalue weighted by molar-refractivity contribution is 5.02. The van der Waals surface area contributed by atoms with Crippen molar-refractivity contribution in [2.45, 2.75) is 96.9 Å². The summed E-state index contributed by atoms with van der Waals surface area (Å²) in [5.74, 6) is 0. The molecule has 0 aliphatic carbocycles. The summed E-state index contributed by atoms with van der Waals surface area (Å²) in [6.45, 7) is 32.5. The van der Waals surface area contributed by atoms with E-state index >= 15 is 0 Å². The fraction of sp³-hybridized carbons (Fsp3) is 1.00. The van der Waals surface area contributed by atoms with Crippen LogP contribution in [0.25, 0.3) is 0 Å². The van der Waals surface area contributed by atoms with Gasteiger partial charge in [0, 0.05) is 0 Å². The monoisotopic (exact) mass is 270 g/mol. The second-order valence-corrected chi connectivity index (χ2v) is 10.9. The predicted molar refractivity (Wildman–Crippen MR) is 91.6 cm³/mol. The summed E-state index contributed by atoms with van der Waals surface area (Å²) in [5.41, 5.74) is 1.78. The second kappa shape index (κ2) is 5.78. The summed E-state index contributed by atoms with van der Waals surface area (Å²) in [7, 11) is 0. The molecule has 0 unspecified atom stereocenters. The lowest BCUT2D eigenvalue weighted by molar-refractivity contribution is -0.105. The Morgan fingerprint density at radius 1 is 0.316 bits per heavy atom. The molecule has 0 amide bonds. The lowest BCUT2D eigenvalue weighted by atomic mass is 9.46. The minimum Gasteiger partial charge on any atom is -0.0604 e. The third-order valence-electron chi connectivity index (χ3n) is 4.50. The molecule has 0 aliphatic rings. The molecule has 118 valence electrons. The summed E-state index contributed by atoms with van der Waals surface area (Å²) in [4.78, 5) is 0. The molecule has 0 rings (SSSR count). The molecule has 0 bridgehead atoms. The highest BCUT2D eigenvalue weighted by Gasteiger charge is 2.53. The summed E-state index contributed by atoms with van der Waals surface area (Å²) >= 11 is 0. The summed E-state index contributed by atoms with van der Waals surface area (Å²) in [6.07, 6.45) is 0. The second-order valence-electron chi connectivity index (χ2n) is 10.9. The van der Waals surface area contributed by atoms with Gasteiger partial charge in [-0.3, -0.25) is 0 Å². The largest absolute Gasteiger partial charge is 0.0604 e. The Morgan fingerprint density at radius 2 is 0.421 bits per heavy atom. The quantitative estimate of drug-likeness (QED) is 0.437. The van der Waals surface area contributed by atoms with Crippen molar-refractivity contribution in [3.63, 3.8) is 0 Å². The van der Waals surface area contributed by atoms with Crippen LogP contribution in [0.1, 0.15) is 96.9 Å². The molecular formula is C19H42. The minimum atomic E-state index is 0.312. The van der Waals surface area contributed by atoms with E-state index in [2.05, 4.69) is 96.9 Å². The Labute approximate surface area is 124 Å². The zero-order valence-corrected chi connectivity index (χ0v) is 16.5. The smallest absolute Gasteiger partial charge is 0.0180 e. The van der Waals surface area contributed by atoms with Gasteiger partial charge in [0.2, 0.25) is 0 Å². The molecule has 0 aromatic rings. The van der Waals surface area contributed by atoms with Gasteiger partial charge in [-0.1, -0.05) is 96.9 Å². The van der Waals surface area contributed by atoms with E-state index in [1.165, 1.54) is 0 Å². The van der Waals surface area contributed by atoms with Gasteiger partial charge >= 0.3 is 0 Å². The molecule has 0 saturated carbocycles. The van der Waals surface area contributed by atoms with Gasteiger partial charge in [-0.05, 0) is 27.1 Å². The first-order valence-corrected chi connectivity index (χ1v) is 7.75. The Balaban J connectivity index is 0. The van der Waals surface area contributed by atoms with Crippen LogP contribution in [0.4, 0.5) is 0 Å². The third-order valence-corrected chi connectivity index (χ3v) is 4.50. The Bertz CT molecular complexity index is 212. The van der Waals surface area contributed by atoms with Gasteiger partial charge in [0.05, 0.1) is 0 Å². The van der Waals surface area contributed by atoms with Crippen molar-refractivity contribution in [3.8, 4) is 0 Å². The highest BCUT2D eigenvalue weighted by Crippen LogP contribution is 2.60. The average Bonchev–Trinajstić information content (AvgIpc) is 1.92. The molecule has 0 spiro atoms. The zero-order valence-electron chi connectivity index (χ0n) is 16.5. The van der Waals surface area contributed by atoms with Crippen molar-refractivity contribution in [1.29, 1.82) is 0 Å². The van der Waals surface area contributed by atoms with E-state index in [0.717, 1.165) is 0 Å². The molecule has 0 aromatic heterocycles. The molecule has 0 aliphatic heterocycles. The summed E-state index contributed by atoms with van der Waals surface area (Å²) in [6, 6.07) is 0. The van der Waals surface area contributed by atoms with Crippen LogP contribution in [0.2, 0.25) is 0 Å². The molecule has 19 heavy (non-hydrogen) atoms. The maximum atomic E-state index is 2.44. The lowest BCUT2D eigenvalue weighted by Crippen LogP contribution is -2.52. The molecule has 0 heterocycles. The molecule has 0 nitrogen and oxygen atoms in total. The van der Waals surface area contributed by atoms with Gasteiger partial charge in [0.15, 0.2) is 0 Å². The fourth-order valence-electron chi connectivity index (χ4n) is 3.38. The molecule has 0 heteroatoms. The van der Waals surface area contributed by atoms with Gasteiger partial charge in [-0.2, -0.15) is 0 Å². The Hall–Kier alpha value is 0. The number of hydrogen-bond donors (Lipinski definition) is 0. The molecular weight excluding hydrogens is 228 g/mol. The Morgan fingerprint density at radius 3 is 0.421 bits per heavy atom. The van der Waals surface area contributed by atoms with Crippen LogP contribution in [0, 0.1) is 27.1 Å². The molecule has 0 aromatic carbocycles. The average molecular weight is 271 g/mol. The SMILES string of the molecule is CC(C)(C)C.CC(C)(C)C(C)(C(C)(C)C)C(C)(C)C. The fourth-order valence-corrected chi connectivity index (χ4v) is 3.38. The standard InChI is InChI=1S/C14H30.C5H12/c1-11(2,3)14(10,12(4,5)6)13(7,8)9;1-5(2,3)4/h1-10H3;1-4H3. The van der Waals surface area contributed by atoms with E-state index in [-0.39, 0.29) is 0 Å². The van der Waals surface area contributed by atoms with E-state index in [0.29, 0.717) is 27.1 Å². The maximum absolute atomic E-state index is 2.44. The van der Waals surface area contributed by atoms with Crippen LogP contribution in [0.15, 0.2) is 0 Å². The van der Waals surface area contributed by atoms with Crippen LogP contribution in [-0.4, -0.2) is 0 Å². The number of hydrogen-bond acceptors (Lipinski definition) is 0. The lowest BCUT2D eigenvalue weighted by Gasteiger charge is -2.59. The first-order chi connectivity index (χ1) is 7.75. The van der Waals surface area contributed by atoms with Crippen LogP contribution < -0.4 is 0 Å². The first kappa shape index (κ1) is 21.3. The maximum Gasteiger partial charge on any atom is -0.0180 e. The minimum absolute atomic E-state index is 0.312. The number of rotatable bonds is 0. The third kappa shape index (κ3) is 6.32. The van der Waals surface area contributed by atoms with Crippen LogP contribution in [0.5, 0.6) is 0 Å². The van der Waals surface area contributed by atoms with E-state index in [1.54, 1.807) is 0 Å². The van der Waals surface area contributed by atoms with Crippen molar-refractivity contribution in [2.75, 3.05) is 0 Å². The van der Waals surface area contributed by atoms with E-state index in [1.807, 2.05) is 0 Å². The highest BCUT2D eigenvalue weighted by atomic mass is 14.6. The first-order valence-electron chi connectivity index (χ1n) is 7.75. The van der Waals surface area contributed by atoms with Gasteiger partial charge in [-0.15, -0.1) is 0 Å². The van der Waals surface area contributed by atoms with Crippen LogP contribution in [-0.2, 0) is 0 Å². The van der Waals surface area contributed by atoms with E-state index in [9.17, 15) is 0 Å². The summed E-state index contributed by atoms with van der Waals surface area (Å²) in [5, 5.41) is 0. The van der Waals surface area contributed by atoms with Gasteiger partial charge in [0.25, 0.3) is 0 Å². The van der Waals surface area contributed by atoms with Crippen molar-refractivity contribution in [2.24, 2.45) is 27.1 Å². The van der Waals surface area contributed by atoms with Crippen molar-refractivity contribution in [1.82, 2.24) is 0 Å². The van der Waals surface area contributed by atoms with E-state index in [4.69, 9.17) is 0 Å². The zero-order chi connectivity index (χ0) is 16.5.